The molecule has 0 aliphatic carbocycles. The Bertz CT molecular complexity index is 1030. The molecule has 6 nitrogen and oxygen atoms in total. The first-order chi connectivity index (χ1) is 15.4. The minimum absolute atomic E-state index is 0.0879. The van der Waals surface area contributed by atoms with Gasteiger partial charge < -0.3 is 19.6 Å². The zero-order chi connectivity index (χ0) is 22.8. The molecule has 1 aromatic carbocycles. The number of thiophene rings is 1. The summed E-state index contributed by atoms with van der Waals surface area (Å²) in [7, 11) is 0. The van der Waals surface area contributed by atoms with Gasteiger partial charge in [-0.3, -0.25) is 9.59 Å². The average Bonchev–Trinajstić information content (AvgIpc) is 3.49. The lowest BCUT2D eigenvalue weighted by Crippen LogP contribution is -2.33. The van der Waals surface area contributed by atoms with Crippen LogP contribution in [0, 0.1) is 0 Å². The highest BCUT2D eigenvalue weighted by Crippen LogP contribution is 2.42. The van der Waals surface area contributed by atoms with Crippen molar-refractivity contribution in [1.82, 2.24) is 9.80 Å². The molecule has 2 aliphatic rings. The summed E-state index contributed by atoms with van der Waals surface area (Å²) in [6.07, 6.45) is 1.61. The van der Waals surface area contributed by atoms with Gasteiger partial charge in [-0.25, -0.2) is 0 Å². The fourth-order valence-electron chi connectivity index (χ4n) is 4.58. The van der Waals surface area contributed by atoms with Crippen LogP contribution in [0.4, 0.5) is 0 Å². The number of fused-ring (bicyclic) bond motifs is 1. The first-order valence-corrected chi connectivity index (χ1v) is 12.2. The molecule has 0 bridgehead atoms. The molecule has 0 radical (unpaired) electrons. The van der Waals surface area contributed by atoms with Crippen molar-refractivity contribution >= 4 is 28.8 Å². The molecular formula is C25H30N2O4S. The Morgan fingerprint density at radius 2 is 2.03 bits per heavy atom. The van der Waals surface area contributed by atoms with Crippen molar-refractivity contribution in [3.05, 3.63) is 57.3 Å². The number of amides is 1. The molecule has 0 saturated carbocycles. The molecule has 7 heteroatoms. The molecule has 2 aromatic rings. The van der Waals surface area contributed by atoms with E-state index in [4.69, 9.17) is 4.74 Å². The van der Waals surface area contributed by atoms with E-state index in [9.17, 15) is 14.7 Å². The number of Topliss-reactive ketones (excluding diaryl/α,β-unsaturated/α-hetero) is 1. The Hall–Kier alpha value is -2.64. The van der Waals surface area contributed by atoms with E-state index in [-0.39, 0.29) is 17.4 Å². The largest absolute Gasteiger partial charge is 0.507 e. The van der Waals surface area contributed by atoms with Crippen LogP contribution in [0.3, 0.4) is 0 Å². The summed E-state index contributed by atoms with van der Waals surface area (Å²) in [4.78, 5) is 30.9. The summed E-state index contributed by atoms with van der Waals surface area (Å²) >= 11 is 1.49. The Morgan fingerprint density at radius 1 is 1.25 bits per heavy atom. The van der Waals surface area contributed by atoms with Gasteiger partial charge in [-0.05, 0) is 68.2 Å². The second-order valence-corrected chi connectivity index (χ2v) is 9.32. The third-order valence-corrected chi connectivity index (χ3v) is 7.21. The maximum absolute atomic E-state index is 13.1. The molecular weight excluding hydrogens is 424 g/mol. The number of nitrogens with zero attached hydrogens (tertiary/aromatic N) is 2. The van der Waals surface area contributed by atoms with Crippen molar-refractivity contribution in [3.63, 3.8) is 0 Å². The fourth-order valence-corrected chi connectivity index (χ4v) is 5.43. The van der Waals surface area contributed by atoms with E-state index in [2.05, 4.69) is 18.7 Å². The molecule has 2 aliphatic heterocycles. The van der Waals surface area contributed by atoms with Gasteiger partial charge in [0.05, 0.1) is 11.6 Å². The maximum atomic E-state index is 13.1. The molecule has 0 unspecified atom stereocenters. The van der Waals surface area contributed by atoms with Crippen molar-refractivity contribution < 1.29 is 19.4 Å². The van der Waals surface area contributed by atoms with Gasteiger partial charge in [-0.1, -0.05) is 19.9 Å². The zero-order valence-electron chi connectivity index (χ0n) is 18.8. The lowest BCUT2D eigenvalue weighted by Gasteiger charge is -2.25. The predicted molar refractivity (Wildman–Crippen MR) is 126 cm³/mol. The van der Waals surface area contributed by atoms with Crippen LogP contribution in [0.2, 0.25) is 0 Å². The normalized spacial score (nSPS) is 21.9. The molecule has 1 aromatic heterocycles. The van der Waals surface area contributed by atoms with Crippen LogP contribution in [-0.4, -0.2) is 58.9 Å². The minimum Gasteiger partial charge on any atom is -0.507 e. The molecule has 4 rings (SSSR count). The van der Waals surface area contributed by atoms with Gasteiger partial charge in [-0.15, -0.1) is 11.3 Å². The monoisotopic (exact) mass is 454 g/mol. The molecule has 170 valence electrons. The van der Waals surface area contributed by atoms with Gasteiger partial charge in [0.1, 0.15) is 17.6 Å². The molecule has 1 N–H and O–H groups in total. The third-order valence-electron chi connectivity index (χ3n) is 6.29. The summed E-state index contributed by atoms with van der Waals surface area (Å²) < 4.78 is 5.75. The summed E-state index contributed by atoms with van der Waals surface area (Å²) in [5, 5.41) is 13.1. The van der Waals surface area contributed by atoms with Gasteiger partial charge in [0.15, 0.2) is 0 Å². The summed E-state index contributed by atoms with van der Waals surface area (Å²) in [6.45, 7) is 9.45. The standard InChI is InChI=1S/C25H30N2O4S/c1-4-26(5-2)11-7-12-27-22(20-8-6-13-32-20)21(24(29)25(27)30)23(28)17-9-10-19-18(15-17)14-16(3)31-19/h6,8-10,13,15-16,22,28H,4-5,7,11-12,14H2,1-3H3/t16-,22-/m0/s1. The van der Waals surface area contributed by atoms with Gasteiger partial charge in [0, 0.05) is 23.4 Å². The van der Waals surface area contributed by atoms with E-state index in [0.717, 1.165) is 48.7 Å². The average molecular weight is 455 g/mol. The number of ether oxygens (including phenoxy) is 1. The molecule has 1 amide bonds. The van der Waals surface area contributed by atoms with Crippen LogP contribution in [0.5, 0.6) is 5.75 Å². The molecule has 0 spiro atoms. The quantitative estimate of drug-likeness (QED) is 0.367. The summed E-state index contributed by atoms with van der Waals surface area (Å²) in [6, 6.07) is 8.72. The molecule has 1 fully saturated rings. The van der Waals surface area contributed by atoms with Crippen molar-refractivity contribution in [1.29, 1.82) is 0 Å². The number of aliphatic hydroxyl groups is 1. The van der Waals surface area contributed by atoms with Crippen LogP contribution in [0.1, 0.15) is 49.2 Å². The highest BCUT2D eigenvalue weighted by atomic mass is 32.1. The van der Waals surface area contributed by atoms with Gasteiger partial charge in [-0.2, -0.15) is 0 Å². The van der Waals surface area contributed by atoms with Gasteiger partial charge in [0.25, 0.3) is 11.7 Å². The molecule has 1 saturated heterocycles. The number of carbonyl (C=O) groups excluding carboxylic acids is 2. The Labute approximate surface area is 193 Å². The lowest BCUT2D eigenvalue weighted by molar-refractivity contribution is -0.139. The van der Waals surface area contributed by atoms with Crippen LogP contribution in [0.15, 0.2) is 41.3 Å². The Balaban J connectivity index is 1.68. The lowest BCUT2D eigenvalue weighted by atomic mass is 9.98. The third kappa shape index (κ3) is 4.19. The van der Waals surface area contributed by atoms with Crippen molar-refractivity contribution in [2.24, 2.45) is 0 Å². The predicted octanol–water partition coefficient (Wildman–Crippen LogP) is 4.23. The summed E-state index contributed by atoms with van der Waals surface area (Å²) in [5.74, 6) is -0.465. The van der Waals surface area contributed by atoms with E-state index in [1.165, 1.54) is 11.3 Å². The van der Waals surface area contributed by atoms with Crippen molar-refractivity contribution in [2.75, 3.05) is 26.2 Å². The number of hydrogen-bond acceptors (Lipinski definition) is 6. The number of hydrogen-bond donors (Lipinski definition) is 1. The second kappa shape index (κ2) is 9.46. The minimum atomic E-state index is -0.617. The number of likely N-dealkylation sites (tertiary alicyclic amines) is 1. The van der Waals surface area contributed by atoms with Crippen LogP contribution < -0.4 is 4.74 Å². The van der Waals surface area contributed by atoms with E-state index < -0.39 is 17.7 Å². The van der Waals surface area contributed by atoms with E-state index in [1.54, 1.807) is 11.0 Å². The van der Waals surface area contributed by atoms with Crippen LogP contribution in [-0.2, 0) is 16.0 Å². The molecule has 32 heavy (non-hydrogen) atoms. The highest BCUT2D eigenvalue weighted by molar-refractivity contribution is 7.10. The molecule has 2 atom stereocenters. The zero-order valence-corrected chi connectivity index (χ0v) is 19.7. The van der Waals surface area contributed by atoms with Crippen molar-refractivity contribution in [2.45, 2.75) is 45.8 Å². The SMILES string of the molecule is CCN(CC)CCCN1C(=O)C(=O)C(=C(O)c2ccc3c(c2)C[C@H](C)O3)[C@@H]1c1cccs1. The van der Waals surface area contributed by atoms with E-state index in [1.807, 2.05) is 36.6 Å². The summed E-state index contributed by atoms with van der Waals surface area (Å²) in [5.41, 5.74) is 1.72. The Morgan fingerprint density at radius 3 is 2.72 bits per heavy atom. The van der Waals surface area contributed by atoms with Gasteiger partial charge >= 0.3 is 0 Å². The van der Waals surface area contributed by atoms with Crippen LogP contribution in [0.25, 0.3) is 5.76 Å². The number of carbonyl (C=O) groups is 2. The van der Waals surface area contributed by atoms with E-state index in [0.29, 0.717) is 12.1 Å². The number of benzene rings is 1. The smallest absolute Gasteiger partial charge is 0.295 e. The Kier molecular flexibility index (Phi) is 6.67. The van der Waals surface area contributed by atoms with Crippen LogP contribution >= 0.6 is 11.3 Å². The van der Waals surface area contributed by atoms with Crippen molar-refractivity contribution in [3.8, 4) is 5.75 Å². The van der Waals surface area contributed by atoms with E-state index >= 15 is 0 Å². The maximum Gasteiger partial charge on any atom is 0.295 e. The number of ketones is 1. The second-order valence-electron chi connectivity index (χ2n) is 8.34. The first-order valence-electron chi connectivity index (χ1n) is 11.3. The fraction of sp³-hybridized carbons (Fsp3) is 0.440. The highest BCUT2D eigenvalue weighted by Gasteiger charge is 2.46. The first kappa shape index (κ1) is 22.6. The number of aliphatic hydroxyl groups excluding tert-OH is 1. The molecule has 3 heterocycles. The number of rotatable bonds is 8. The van der Waals surface area contributed by atoms with Gasteiger partial charge in [0.2, 0.25) is 0 Å². The topological polar surface area (TPSA) is 70.1 Å².